The Kier molecular flexibility index (Phi) is 3.80. The summed E-state index contributed by atoms with van der Waals surface area (Å²) in [6.45, 7) is 3.18. The van der Waals surface area contributed by atoms with E-state index in [9.17, 15) is 4.79 Å². The van der Waals surface area contributed by atoms with Crippen molar-refractivity contribution in [2.75, 3.05) is 19.6 Å². The van der Waals surface area contributed by atoms with Crippen LogP contribution in [0.25, 0.3) is 0 Å². The average Bonchev–Trinajstić information content (AvgIpc) is 2.70. The maximum Gasteiger partial charge on any atom is 0.318 e. The Morgan fingerprint density at radius 1 is 1.25 bits per heavy atom. The number of carbonyl (C=O) groups excluding carboxylic acids is 1. The van der Waals surface area contributed by atoms with Crippen molar-refractivity contribution in [1.29, 1.82) is 0 Å². The Morgan fingerprint density at radius 3 is 2.70 bits per heavy atom. The number of urea groups is 1. The molecule has 1 aromatic rings. The van der Waals surface area contributed by atoms with Crippen LogP contribution < -0.4 is 10.6 Å². The number of hydrogen-bond acceptors (Lipinski definition) is 2. The Labute approximate surface area is 128 Å². The lowest BCUT2D eigenvalue weighted by atomic mass is 9.89. The normalized spacial score (nSPS) is 21.3. The minimum absolute atomic E-state index is 0.00193. The Balaban J connectivity index is 1.73. The van der Waals surface area contributed by atoms with Crippen molar-refractivity contribution in [1.82, 2.24) is 15.5 Å². The minimum Gasteiger partial charge on any atom is -0.331 e. The van der Waals surface area contributed by atoms with E-state index in [-0.39, 0.29) is 11.6 Å². The molecule has 2 aliphatic heterocycles. The van der Waals surface area contributed by atoms with Crippen molar-refractivity contribution in [3.8, 4) is 0 Å². The molecular formula is C14H17Cl2N3O. The number of nitrogens with zero attached hydrogens (tertiary/aromatic N) is 1. The Hall–Kier alpha value is -0.970. The van der Waals surface area contributed by atoms with Gasteiger partial charge in [0, 0.05) is 23.1 Å². The summed E-state index contributed by atoms with van der Waals surface area (Å²) >= 11 is 12.1. The molecule has 2 saturated heterocycles. The van der Waals surface area contributed by atoms with Crippen molar-refractivity contribution >= 4 is 29.2 Å². The third-order valence-corrected chi connectivity index (χ3v) is 4.68. The van der Waals surface area contributed by atoms with E-state index in [1.807, 2.05) is 11.0 Å². The SMILES string of the molecule is O=C1NC2(CCNCC2)CN1Cc1ccc(Cl)cc1Cl. The third kappa shape index (κ3) is 2.73. The zero-order valence-electron chi connectivity index (χ0n) is 11.1. The molecule has 108 valence electrons. The lowest BCUT2D eigenvalue weighted by molar-refractivity contribution is 0.215. The summed E-state index contributed by atoms with van der Waals surface area (Å²) in [5.41, 5.74) is 0.860. The summed E-state index contributed by atoms with van der Waals surface area (Å²) in [5.74, 6) is 0. The topological polar surface area (TPSA) is 44.4 Å². The summed E-state index contributed by atoms with van der Waals surface area (Å²) in [6, 6.07) is 5.40. The van der Waals surface area contributed by atoms with Gasteiger partial charge in [-0.05, 0) is 43.6 Å². The van der Waals surface area contributed by atoms with Gasteiger partial charge in [0.2, 0.25) is 0 Å². The molecule has 0 saturated carbocycles. The zero-order chi connectivity index (χ0) is 14.2. The van der Waals surface area contributed by atoms with E-state index in [1.165, 1.54) is 0 Å². The highest BCUT2D eigenvalue weighted by molar-refractivity contribution is 6.35. The van der Waals surface area contributed by atoms with E-state index in [2.05, 4.69) is 10.6 Å². The van der Waals surface area contributed by atoms with Crippen molar-refractivity contribution in [3.63, 3.8) is 0 Å². The fraction of sp³-hybridized carbons (Fsp3) is 0.500. The van der Waals surface area contributed by atoms with Crippen molar-refractivity contribution in [2.45, 2.75) is 24.9 Å². The van der Waals surface area contributed by atoms with Crippen molar-refractivity contribution in [3.05, 3.63) is 33.8 Å². The van der Waals surface area contributed by atoms with Gasteiger partial charge in [0.25, 0.3) is 0 Å². The minimum atomic E-state index is -0.0682. The smallest absolute Gasteiger partial charge is 0.318 e. The van der Waals surface area contributed by atoms with Crippen molar-refractivity contribution in [2.24, 2.45) is 0 Å². The largest absolute Gasteiger partial charge is 0.331 e. The second-order valence-electron chi connectivity index (χ2n) is 5.55. The molecule has 1 aromatic carbocycles. The molecule has 0 bridgehead atoms. The van der Waals surface area contributed by atoms with E-state index in [1.54, 1.807) is 12.1 Å². The highest BCUT2D eigenvalue weighted by atomic mass is 35.5. The number of benzene rings is 1. The molecule has 2 N–H and O–H groups in total. The average molecular weight is 314 g/mol. The molecule has 0 radical (unpaired) electrons. The van der Waals surface area contributed by atoms with Crippen LogP contribution >= 0.6 is 23.2 Å². The number of amides is 2. The van der Waals surface area contributed by atoms with Gasteiger partial charge in [-0.15, -0.1) is 0 Å². The van der Waals surface area contributed by atoms with E-state index in [0.717, 1.165) is 38.0 Å². The Morgan fingerprint density at radius 2 is 2.00 bits per heavy atom. The van der Waals surface area contributed by atoms with E-state index >= 15 is 0 Å². The van der Waals surface area contributed by atoms with Crippen LogP contribution in [0.15, 0.2) is 18.2 Å². The second-order valence-corrected chi connectivity index (χ2v) is 6.40. The van der Waals surface area contributed by atoms with Crippen LogP contribution in [-0.2, 0) is 6.54 Å². The predicted octanol–water partition coefficient (Wildman–Crippen LogP) is 2.64. The van der Waals surface area contributed by atoms with Gasteiger partial charge >= 0.3 is 6.03 Å². The van der Waals surface area contributed by atoms with Crippen molar-refractivity contribution < 1.29 is 4.79 Å². The van der Waals surface area contributed by atoms with Crippen LogP contribution in [0.1, 0.15) is 18.4 Å². The van der Waals surface area contributed by atoms with Crippen LogP contribution in [0.2, 0.25) is 10.0 Å². The molecule has 0 aromatic heterocycles. The van der Waals surface area contributed by atoms with Gasteiger partial charge in [-0.1, -0.05) is 29.3 Å². The van der Waals surface area contributed by atoms with E-state index < -0.39 is 0 Å². The predicted molar refractivity (Wildman–Crippen MR) is 80.2 cm³/mol. The molecule has 0 aliphatic carbocycles. The van der Waals surface area contributed by atoms with Gasteiger partial charge in [-0.2, -0.15) is 0 Å². The van der Waals surface area contributed by atoms with Crippen LogP contribution in [0.5, 0.6) is 0 Å². The lowest BCUT2D eigenvalue weighted by Crippen LogP contribution is -2.51. The van der Waals surface area contributed by atoms with E-state index in [4.69, 9.17) is 23.2 Å². The number of carbonyl (C=O) groups is 1. The first-order valence-electron chi connectivity index (χ1n) is 6.80. The zero-order valence-corrected chi connectivity index (χ0v) is 12.6. The van der Waals surface area contributed by atoms with Gasteiger partial charge in [0.15, 0.2) is 0 Å². The molecule has 20 heavy (non-hydrogen) atoms. The molecule has 1 spiro atoms. The molecule has 2 heterocycles. The standard InChI is InChI=1S/C14H17Cl2N3O/c15-11-2-1-10(12(16)7-11)8-19-9-14(18-13(19)20)3-5-17-6-4-14/h1-2,7,17H,3-6,8-9H2,(H,18,20). The van der Waals surface area contributed by atoms with Gasteiger partial charge in [0.05, 0.1) is 5.54 Å². The summed E-state index contributed by atoms with van der Waals surface area (Å²) in [5, 5.41) is 7.69. The number of piperidine rings is 1. The van der Waals surface area contributed by atoms with Gasteiger partial charge in [-0.3, -0.25) is 0 Å². The number of rotatable bonds is 2. The molecule has 6 heteroatoms. The highest BCUT2D eigenvalue weighted by Gasteiger charge is 2.42. The van der Waals surface area contributed by atoms with Crippen LogP contribution in [0, 0.1) is 0 Å². The Bertz CT molecular complexity index is 529. The molecule has 3 rings (SSSR count). The quantitative estimate of drug-likeness (QED) is 0.881. The summed E-state index contributed by atoms with van der Waals surface area (Å²) < 4.78 is 0. The second kappa shape index (κ2) is 5.43. The summed E-state index contributed by atoms with van der Waals surface area (Å²) in [6.07, 6.45) is 1.95. The third-order valence-electron chi connectivity index (χ3n) is 4.09. The van der Waals surface area contributed by atoms with Gasteiger partial charge in [-0.25, -0.2) is 4.79 Å². The molecule has 4 nitrogen and oxygen atoms in total. The monoisotopic (exact) mass is 313 g/mol. The lowest BCUT2D eigenvalue weighted by Gasteiger charge is -2.33. The number of hydrogen-bond donors (Lipinski definition) is 2. The van der Waals surface area contributed by atoms with Gasteiger partial charge < -0.3 is 15.5 Å². The molecule has 2 aliphatic rings. The first kappa shape index (κ1) is 14.0. The van der Waals surface area contributed by atoms with Crippen LogP contribution in [0.4, 0.5) is 4.79 Å². The number of nitrogens with one attached hydrogen (secondary N) is 2. The highest BCUT2D eigenvalue weighted by Crippen LogP contribution is 2.28. The van der Waals surface area contributed by atoms with Crippen LogP contribution in [0.3, 0.4) is 0 Å². The maximum atomic E-state index is 12.2. The summed E-state index contributed by atoms with van der Waals surface area (Å²) in [4.78, 5) is 14.0. The molecule has 2 amide bonds. The molecule has 0 unspecified atom stereocenters. The van der Waals surface area contributed by atoms with Gasteiger partial charge in [0.1, 0.15) is 0 Å². The summed E-state index contributed by atoms with van der Waals surface area (Å²) in [7, 11) is 0. The van der Waals surface area contributed by atoms with Crippen LogP contribution in [-0.4, -0.2) is 36.1 Å². The molecular weight excluding hydrogens is 297 g/mol. The fourth-order valence-corrected chi connectivity index (χ4v) is 3.42. The fourth-order valence-electron chi connectivity index (χ4n) is 2.95. The molecule has 2 fully saturated rings. The maximum absolute atomic E-state index is 12.2. The van der Waals surface area contributed by atoms with E-state index in [0.29, 0.717) is 16.6 Å². The molecule has 0 atom stereocenters. The first-order valence-corrected chi connectivity index (χ1v) is 7.55. The first-order chi connectivity index (χ1) is 9.58. The number of halogens is 2.